The molecular weight excluding hydrogens is 360 g/mol. The minimum absolute atomic E-state index is 1.03. The van der Waals surface area contributed by atoms with Gasteiger partial charge >= 0.3 is 0 Å². The van der Waals surface area contributed by atoms with Gasteiger partial charge in [-0.15, -0.1) is 13.2 Å². The van der Waals surface area contributed by atoms with Gasteiger partial charge in [-0.2, -0.15) is 0 Å². The van der Waals surface area contributed by atoms with Crippen LogP contribution in [0.15, 0.2) is 67.8 Å². The van der Waals surface area contributed by atoms with Crippen molar-refractivity contribution in [1.82, 2.24) is 0 Å². The third-order valence-electron chi connectivity index (χ3n) is 4.91. The highest BCUT2D eigenvalue weighted by atomic mass is 14.2. The fourth-order valence-corrected chi connectivity index (χ4v) is 3.47. The quantitative estimate of drug-likeness (QED) is 0.207. The third kappa shape index (κ3) is 5.74. The van der Waals surface area contributed by atoms with E-state index in [1.807, 2.05) is 27.7 Å². The van der Waals surface area contributed by atoms with Crippen molar-refractivity contribution < 1.29 is 0 Å². The SMILES string of the molecule is C=C.CC.CC.Cc1ccc(C#Cc2ccc3c(c2C)Cc2cc(C)ccc2-3)cc1. The van der Waals surface area contributed by atoms with Crippen LogP contribution in [0.5, 0.6) is 0 Å². The van der Waals surface area contributed by atoms with Gasteiger partial charge in [-0.25, -0.2) is 0 Å². The average Bonchev–Trinajstić information content (AvgIpc) is 3.17. The Kier molecular flexibility index (Phi) is 10.4. The van der Waals surface area contributed by atoms with Gasteiger partial charge in [0.15, 0.2) is 0 Å². The van der Waals surface area contributed by atoms with Crippen LogP contribution >= 0.6 is 0 Å². The summed E-state index contributed by atoms with van der Waals surface area (Å²) in [6.45, 7) is 20.5. The monoisotopic (exact) mass is 396 g/mol. The fraction of sp³-hybridized carbons (Fsp3) is 0.267. The van der Waals surface area contributed by atoms with Gasteiger partial charge in [-0.3, -0.25) is 0 Å². The summed E-state index contributed by atoms with van der Waals surface area (Å²) in [6, 6.07) is 19.6. The molecule has 0 saturated heterocycles. The Labute approximate surface area is 184 Å². The summed E-state index contributed by atoms with van der Waals surface area (Å²) in [7, 11) is 0. The van der Waals surface area contributed by atoms with Crippen molar-refractivity contribution in [3.05, 3.63) is 107 Å². The van der Waals surface area contributed by atoms with E-state index >= 15 is 0 Å². The Morgan fingerprint density at radius 3 is 1.87 bits per heavy atom. The summed E-state index contributed by atoms with van der Waals surface area (Å²) in [6.07, 6.45) is 1.03. The fourth-order valence-electron chi connectivity index (χ4n) is 3.47. The van der Waals surface area contributed by atoms with Crippen LogP contribution < -0.4 is 0 Å². The average molecular weight is 397 g/mol. The summed E-state index contributed by atoms with van der Waals surface area (Å²) in [5, 5.41) is 0. The van der Waals surface area contributed by atoms with Crippen LogP contribution in [0.2, 0.25) is 0 Å². The lowest BCUT2D eigenvalue weighted by Gasteiger charge is -2.06. The maximum Gasteiger partial charge on any atom is 0.0281 e. The Hall–Kier alpha value is -3.04. The lowest BCUT2D eigenvalue weighted by atomic mass is 9.97. The highest BCUT2D eigenvalue weighted by molar-refractivity contribution is 5.79. The molecule has 0 radical (unpaired) electrons. The van der Waals surface area contributed by atoms with Crippen molar-refractivity contribution in [3.8, 4) is 23.0 Å². The molecule has 0 heteroatoms. The first-order valence-electron chi connectivity index (χ1n) is 10.9. The first-order valence-corrected chi connectivity index (χ1v) is 10.9. The van der Waals surface area contributed by atoms with Crippen LogP contribution in [0.4, 0.5) is 0 Å². The molecular formula is C30H36. The molecule has 1 aliphatic rings. The molecule has 1 aliphatic carbocycles. The molecule has 0 amide bonds. The van der Waals surface area contributed by atoms with Crippen molar-refractivity contribution >= 4 is 0 Å². The van der Waals surface area contributed by atoms with Gasteiger partial charge in [0.25, 0.3) is 0 Å². The second-order valence-electron chi connectivity index (χ2n) is 6.72. The minimum Gasteiger partial charge on any atom is -0.106 e. The van der Waals surface area contributed by atoms with Crippen molar-refractivity contribution in [2.45, 2.75) is 54.9 Å². The van der Waals surface area contributed by atoms with E-state index in [1.54, 1.807) is 0 Å². The minimum atomic E-state index is 1.03. The largest absolute Gasteiger partial charge is 0.106 e. The molecule has 0 N–H and O–H groups in total. The summed E-state index contributed by atoms with van der Waals surface area (Å²) >= 11 is 0. The molecule has 30 heavy (non-hydrogen) atoms. The summed E-state index contributed by atoms with van der Waals surface area (Å²) < 4.78 is 0. The van der Waals surface area contributed by atoms with Gasteiger partial charge in [0.1, 0.15) is 0 Å². The zero-order valence-electron chi connectivity index (χ0n) is 19.8. The summed E-state index contributed by atoms with van der Waals surface area (Å²) in [5.41, 5.74) is 11.8. The molecule has 0 saturated carbocycles. The van der Waals surface area contributed by atoms with Gasteiger partial charge in [0.2, 0.25) is 0 Å². The van der Waals surface area contributed by atoms with E-state index in [9.17, 15) is 0 Å². The Balaban J connectivity index is 0.000000691. The number of fused-ring (bicyclic) bond motifs is 3. The maximum absolute atomic E-state index is 3.37. The molecule has 0 bridgehead atoms. The van der Waals surface area contributed by atoms with E-state index in [0.29, 0.717) is 0 Å². The predicted octanol–water partition coefficient (Wildman–Crippen LogP) is 8.44. The smallest absolute Gasteiger partial charge is 0.0281 e. The Bertz CT molecular complexity index is 1010. The van der Waals surface area contributed by atoms with Crippen LogP contribution in [0.1, 0.15) is 66.6 Å². The number of benzene rings is 3. The number of rotatable bonds is 0. The van der Waals surface area contributed by atoms with Gasteiger partial charge in [0.05, 0.1) is 0 Å². The molecule has 0 fully saturated rings. The molecule has 4 rings (SSSR count). The summed E-state index contributed by atoms with van der Waals surface area (Å²) in [4.78, 5) is 0. The molecule has 0 aromatic heterocycles. The summed E-state index contributed by atoms with van der Waals surface area (Å²) in [5.74, 6) is 6.67. The van der Waals surface area contributed by atoms with Crippen LogP contribution in [-0.2, 0) is 6.42 Å². The first kappa shape index (κ1) is 25.0. The lowest BCUT2D eigenvalue weighted by molar-refractivity contribution is 1.20. The number of hydrogen-bond acceptors (Lipinski definition) is 0. The lowest BCUT2D eigenvalue weighted by Crippen LogP contribution is -1.91. The van der Waals surface area contributed by atoms with Gasteiger partial charge in [-0.1, -0.05) is 87.1 Å². The van der Waals surface area contributed by atoms with E-state index < -0.39 is 0 Å². The number of hydrogen-bond donors (Lipinski definition) is 0. The molecule has 3 aromatic rings. The standard InChI is InChI=1S/C24H20.2C2H6.C2H4/c1-16-4-7-19(8-5-16)9-10-20-11-13-23-22-12-6-17(2)14-21(22)15-24(23)18(20)3;3*1-2/h4-8,11-14H,15H2,1-3H3;2*1-2H3;1-2H2. The normalized spacial score (nSPS) is 9.70. The molecule has 0 spiro atoms. The molecule has 156 valence electrons. The van der Waals surface area contributed by atoms with Crippen LogP contribution in [0, 0.1) is 32.6 Å². The van der Waals surface area contributed by atoms with Gasteiger partial charge in [0, 0.05) is 11.1 Å². The molecule has 0 heterocycles. The zero-order valence-corrected chi connectivity index (χ0v) is 19.8. The second kappa shape index (κ2) is 12.5. The molecule has 0 aliphatic heterocycles. The molecule has 0 atom stereocenters. The van der Waals surface area contributed by atoms with Crippen molar-refractivity contribution in [2.24, 2.45) is 0 Å². The predicted molar refractivity (Wildman–Crippen MR) is 135 cm³/mol. The molecule has 0 unspecified atom stereocenters. The number of aryl methyl sites for hydroxylation is 2. The van der Waals surface area contributed by atoms with E-state index in [0.717, 1.165) is 17.5 Å². The van der Waals surface area contributed by atoms with Gasteiger partial charge in [-0.05, 0) is 73.2 Å². The van der Waals surface area contributed by atoms with Crippen molar-refractivity contribution in [2.75, 3.05) is 0 Å². The third-order valence-corrected chi connectivity index (χ3v) is 4.91. The molecule has 3 aromatic carbocycles. The van der Waals surface area contributed by atoms with Gasteiger partial charge < -0.3 is 0 Å². The van der Waals surface area contributed by atoms with E-state index in [4.69, 9.17) is 0 Å². The Morgan fingerprint density at radius 2 is 1.23 bits per heavy atom. The van der Waals surface area contributed by atoms with Crippen LogP contribution in [0.3, 0.4) is 0 Å². The van der Waals surface area contributed by atoms with Crippen LogP contribution in [0.25, 0.3) is 11.1 Å². The van der Waals surface area contributed by atoms with E-state index in [-0.39, 0.29) is 0 Å². The molecule has 0 nitrogen and oxygen atoms in total. The highest BCUT2D eigenvalue weighted by Gasteiger charge is 2.20. The second-order valence-corrected chi connectivity index (χ2v) is 6.72. The first-order chi connectivity index (χ1) is 14.6. The van der Waals surface area contributed by atoms with Crippen molar-refractivity contribution in [1.29, 1.82) is 0 Å². The van der Waals surface area contributed by atoms with E-state index in [1.165, 1.54) is 38.9 Å². The Morgan fingerprint density at radius 1 is 0.667 bits per heavy atom. The highest BCUT2D eigenvalue weighted by Crippen LogP contribution is 2.39. The zero-order chi connectivity index (χ0) is 22.7. The van der Waals surface area contributed by atoms with E-state index in [2.05, 4.69) is 100 Å². The maximum atomic E-state index is 3.37. The topological polar surface area (TPSA) is 0 Å². The van der Waals surface area contributed by atoms with Crippen LogP contribution in [-0.4, -0.2) is 0 Å². The van der Waals surface area contributed by atoms with Crippen molar-refractivity contribution in [3.63, 3.8) is 0 Å².